The van der Waals surface area contributed by atoms with Crippen molar-refractivity contribution in [2.24, 2.45) is 5.73 Å². The Hall–Kier alpha value is -0.710. The Labute approximate surface area is 107 Å². The lowest BCUT2D eigenvalue weighted by atomic mass is 10.3. The van der Waals surface area contributed by atoms with Crippen LogP contribution in [-0.4, -0.2) is 6.54 Å². The van der Waals surface area contributed by atoms with Crippen molar-refractivity contribution in [2.75, 3.05) is 6.54 Å². The van der Waals surface area contributed by atoms with Crippen molar-refractivity contribution in [3.8, 4) is 0 Å². The van der Waals surface area contributed by atoms with Crippen LogP contribution < -0.4 is 5.73 Å². The number of thioether (sulfide) groups is 1. The maximum absolute atomic E-state index is 5.76. The van der Waals surface area contributed by atoms with Crippen molar-refractivity contribution in [2.45, 2.75) is 10.1 Å². The van der Waals surface area contributed by atoms with Gasteiger partial charge in [-0.25, -0.2) is 0 Å². The molecule has 0 bridgehead atoms. The first-order chi connectivity index (χ1) is 7.79. The van der Waals surface area contributed by atoms with Gasteiger partial charge in [-0.15, -0.1) is 11.8 Å². The van der Waals surface area contributed by atoms with Crippen LogP contribution in [-0.2, 0) is 0 Å². The highest BCUT2D eigenvalue weighted by Crippen LogP contribution is 2.35. The summed E-state index contributed by atoms with van der Waals surface area (Å²) in [5, 5.41) is 0.171. The highest BCUT2D eigenvalue weighted by atomic mass is 79.9. The first-order valence-corrected chi connectivity index (χ1v) is 6.62. The Morgan fingerprint density at radius 2 is 2.19 bits per heavy atom. The molecule has 4 heteroatoms. The van der Waals surface area contributed by atoms with E-state index in [1.165, 1.54) is 4.90 Å². The second-order valence-electron chi connectivity index (χ2n) is 3.31. The van der Waals surface area contributed by atoms with E-state index in [1.54, 1.807) is 18.0 Å². The summed E-state index contributed by atoms with van der Waals surface area (Å²) in [5.41, 5.74) is 5.76. The van der Waals surface area contributed by atoms with Crippen molar-refractivity contribution in [3.05, 3.63) is 52.9 Å². The van der Waals surface area contributed by atoms with Gasteiger partial charge in [0.05, 0.1) is 11.5 Å². The van der Waals surface area contributed by atoms with Crippen LogP contribution in [0.2, 0.25) is 0 Å². The third kappa shape index (κ3) is 2.90. The summed E-state index contributed by atoms with van der Waals surface area (Å²) in [4.78, 5) is 1.18. The fourth-order valence-electron chi connectivity index (χ4n) is 1.40. The zero-order valence-corrected chi connectivity index (χ0v) is 11.0. The number of nitrogens with two attached hydrogens (primary N) is 1. The van der Waals surface area contributed by atoms with Gasteiger partial charge in [0.1, 0.15) is 5.76 Å². The molecule has 2 rings (SSSR count). The lowest BCUT2D eigenvalue weighted by Gasteiger charge is -2.11. The van der Waals surface area contributed by atoms with Crippen molar-refractivity contribution in [1.29, 1.82) is 0 Å². The first-order valence-electron chi connectivity index (χ1n) is 4.95. The van der Waals surface area contributed by atoms with Gasteiger partial charge in [-0.1, -0.05) is 22.0 Å². The standard InChI is InChI=1S/C12H12BrNOS/c13-9-3-1-4-10(7-9)16-12(8-14)11-5-2-6-15-11/h1-7,12H,8,14H2. The van der Waals surface area contributed by atoms with Gasteiger partial charge < -0.3 is 10.2 Å². The van der Waals surface area contributed by atoms with E-state index in [-0.39, 0.29) is 5.25 Å². The minimum Gasteiger partial charge on any atom is -0.468 e. The van der Waals surface area contributed by atoms with Gasteiger partial charge in [0.2, 0.25) is 0 Å². The van der Waals surface area contributed by atoms with E-state index in [4.69, 9.17) is 10.2 Å². The molecule has 0 radical (unpaired) electrons. The van der Waals surface area contributed by atoms with E-state index in [9.17, 15) is 0 Å². The van der Waals surface area contributed by atoms with Crippen LogP contribution in [0, 0.1) is 0 Å². The largest absolute Gasteiger partial charge is 0.468 e. The van der Waals surface area contributed by atoms with Crippen LogP contribution >= 0.6 is 27.7 Å². The Kier molecular flexibility index (Phi) is 4.09. The molecule has 0 saturated heterocycles. The monoisotopic (exact) mass is 297 g/mol. The predicted molar refractivity (Wildman–Crippen MR) is 70.5 cm³/mol. The Morgan fingerprint density at radius 3 is 2.81 bits per heavy atom. The zero-order chi connectivity index (χ0) is 11.4. The quantitative estimate of drug-likeness (QED) is 0.872. The maximum Gasteiger partial charge on any atom is 0.118 e. The van der Waals surface area contributed by atoms with Gasteiger partial charge in [0, 0.05) is 15.9 Å². The van der Waals surface area contributed by atoms with Gasteiger partial charge in [0.25, 0.3) is 0 Å². The normalized spacial score (nSPS) is 12.6. The van der Waals surface area contributed by atoms with Crippen LogP contribution in [0.5, 0.6) is 0 Å². The number of benzene rings is 1. The van der Waals surface area contributed by atoms with E-state index in [0.29, 0.717) is 6.54 Å². The smallest absolute Gasteiger partial charge is 0.118 e. The molecule has 0 aliphatic rings. The van der Waals surface area contributed by atoms with Gasteiger partial charge >= 0.3 is 0 Å². The van der Waals surface area contributed by atoms with E-state index in [2.05, 4.69) is 28.1 Å². The SMILES string of the molecule is NCC(Sc1cccc(Br)c1)c1ccco1. The molecule has 1 atom stereocenters. The van der Waals surface area contributed by atoms with E-state index in [0.717, 1.165) is 10.2 Å². The molecule has 0 fully saturated rings. The van der Waals surface area contributed by atoms with Crippen molar-refractivity contribution in [1.82, 2.24) is 0 Å². The summed E-state index contributed by atoms with van der Waals surface area (Å²) >= 11 is 5.17. The summed E-state index contributed by atoms with van der Waals surface area (Å²) in [7, 11) is 0. The fourth-order valence-corrected chi connectivity index (χ4v) is 2.98. The van der Waals surface area contributed by atoms with Gasteiger partial charge in [-0.2, -0.15) is 0 Å². The molecule has 2 aromatic rings. The molecule has 2 N–H and O–H groups in total. The van der Waals surface area contributed by atoms with Crippen LogP contribution in [0.3, 0.4) is 0 Å². The summed E-state index contributed by atoms with van der Waals surface area (Å²) in [6, 6.07) is 12.0. The third-order valence-electron chi connectivity index (χ3n) is 2.15. The fraction of sp³-hybridized carbons (Fsp3) is 0.167. The Bertz CT molecular complexity index is 444. The summed E-state index contributed by atoms with van der Waals surface area (Å²) in [6.45, 7) is 0.560. The molecule has 0 saturated carbocycles. The molecular weight excluding hydrogens is 286 g/mol. The lowest BCUT2D eigenvalue weighted by molar-refractivity contribution is 0.507. The maximum atomic E-state index is 5.76. The molecule has 0 amide bonds. The van der Waals surface area contributed by atoms with E-state index < -0.39 is 0 Å². The van der Waals surface area contributed by atoms with Crippen LogP contribution in [0.25, 0.3) is 0 Å². The van der Waals surface area contributed by atoms with E-state index >= 15 is 0 Å². The van der Waals surface area contributed by atoms with E-state index in [1.807, 2.05) is 24.3 Å². The van der Waals surface area contributed by atoms with Gasteiger partial charge in [-0.05, 0) is 30.3 Å². The van der Waals surface area contributed by atoms with Crippen LogP contribution in [0.15, 0.2) is 56.4 Å². The second-order valence-corrected chi connectivity index (χ2v) is 5.51. The van der Waals surface area contributed by atoms with Crippen LogP contribution in [0.1, 0.15) is 11.0 Å². The number of rotatable bonds is 4. The number of hydrogen-bond acceptors (Lipinski definition) is 3. The number of hydrogen-bond donors (Lipinski definition) is 1. The number of halogens is 1. The Balaban J connectivity index is 2.13. The van der Waals surface area contributed by atoms with Crippen molar-refractivity contribution in [3.63, 3.8) is 0 Å². The molecule has 16 heavy (non-hydrogen) atoms. The predicted octanol–water partition coefficient (Wildman–Crippen LogP) is 3.83. The zero-order valence-electron chi connectivity index (χ0n) is 8.60. The minimum absolute atomic E-state index is 0.171. The minimum atomic E-state index is 0.171. The first kappa shape index (κ1) is 11.8. The molecular formula is C12H12BrNOS. The second kappa shape index (κ2) is 5.57. The average Bonchev–Trinajstić information content (AvgIpc) is 2.79. The summed E-state index contributed by atoms with van der Waals surface area (Å²) < 4.78 is 6.45. The third-order valence-corrected chi connectivity index (χ3v) is 3.88. The van der Waals surface area contributed by atoms with Crippen molar-refractivity contribution < 1.29 is 4.42 Å². The number of furan rings is 1. The van der Waals surface area contributed by atoms with Gasteiger partial charge in [-0.3, -0.25) is 0 Å². The lowest BCUT2D eigenvalue weighted by Crippen LogP contribution is -2.08. The molecule has 0 aliphatic carbocycles. The molecule has 1 heterocycles. The molecule has 1 aromatic heterocycles. The molecule has 1 aromatic carbocycles. The molecule has 0 spiro atoms. The van der Waals surface area contributed by atoms with Gasteiger partial charge in [0.15, 0.2) is 0 Å². The summed E-state index contributed by atoms with van der Waals surface area (Å²) in [5.74, 6) is 0.924. The summed E-state index contributed by atoms with van der Waals surface area (Å²) in [6.07, 6.45) is 1.68. The average molecular weight is 298 g/mol. The molecule has 84 valence electrons. The molecule has 0 aliphatic heterocycles. The highest BCUT2D eigenvalue weighted by molar-refractivity contribution is 9.10. The highest BCUT2D eigenvalue weighted by Gasteiger charge is 2.13. The Morgan fingerprint density at radius 1 is 1.31 bits per heavy atom. The molecule has 2 nitrogen and oxygen atoms in total. The topological polar surface area (TPSA) is 39.2 Å². The van der Waals surface area contributed by atoms with Crippen LogP contribution in [0.4, 0.5) is 0 Å². The van der Waals surface area contributed by atoms with Crippen molar-refractivity contribution >= 4 is 27.7 Å². The molecule has 1 unspecified atom stereocenters.